The minimum atomic E-state index is 0.629. The molecule has 1 saturated carbocycles. The average Bonchev–Trinajstić information content (AvgIpc) is 3.01. The van der Waals surface area contributed by atoms with E-state index in [1.165, 1.54) is 38.5 Å². The molecule has 1 aliphatic carbocycles. The van der Waals surface area contributed by atoms with Gasteiger partial charge < -0.3 is 5.32 Å². The summed E-state index contributed by atoms with van der Waals surface area (Å²) < 4.78 is 0. The zero-order valence-electron chi connectivity index (χ0n) is 15.1. The second-order valence-electron chi connectivity index (χ2n) is 7.81. The molecule has 1 aliphatic rings. The molecule has 0 aromatic heterocycles. The first-order chi connectivity index (χ1) is 9.41. The summed E-state index contributed by atoms with van der Waals surface area (Å²) in [7, 11) is 2.16. The van der Waals surface area contributed by atoms with Crippen LogP contribution in [-0.2, 0) is 0 Å². The van der Waals surface area contributed by atoms with Crippen LogP contribution in [0, 0.1) is 29.1 Å². The lowest BCUT2D eigenvalue weighted by molar-refractivity contribution is 0.188. The monoisotopic (exact) mass is 281 g/mol. The Morgan fingerprint density at radius 2 is 1.70 bits per heavy atom. The lowest BCUT2D eigenvalue weighted by Crippen LogP contribution is -2.33. The number of hydrogen-bond acceptors (Lipinski definition) is 1. The molecule has 0 saturated heterocycles. The summed E-state index contributed by atoms with van der Waals surface area (Å²) in [5.41, 5.74) is 0.629. The smallest absolute Gasteiger partial charge is 0.00719 e. The van der Waals surface area contributed by atoms with Gasteiger partial charge in [-0.3, -0.25) is 0 Å². The Kier molecular flexibility index (Phi) is 7.04. The molecule has 1 nitrogen and oxygen atoms in total. The Labute approximate surface area is 128 Å². The van der Waals surface area contributed by atoms with E-state index in [4.69, 9.17) is 0 Å². The topological polar surface area (TPSA) is 12.0 Å². The molecule has 0 aliphatic heterocycles. The molecule has 0 spiro atoms. The first kappa shape index (κ1) is 18.0. The van der Waals surface area contributed by atoms with Gasteiger partial charge in [0.05, 0.1) is 0 Å². The molecule has 0 bridgehead atoms. The van der Waals surface area contributed by atoms with Crippen LogP contribution in [0.1, 0.15) is 80.1 Å². The van der Waals surface area contributed by atoms with Gasteiger partial charge in [0.25, 0.3) is 0 Å². The van der Waals surface area contributed by atoms with Crippen LogP contribution in [0.15, 0.2) is 0 Å². The quantitative estimate of drug-likeness (QED) is 0.557. The highest BCUT2D eigenvalue weighted by Crippen LogP contribution is 2.55. The van der Waals surface area contributed by atoms with Crippen molar-refractivity contribution >= 4 is 0 Å². The summed E-state index contributed by atoms with van der Waals surface area (Å²) in [6.07, 6.45) is 8.19. The van der Waals surface area contributed by atoms with Crippen molar-refractivity contribution in [2.45, 2.75) is 86.1 Å². The van der Waals surface area contributed by atoms with Gasteiger partial charge in [-0.15, -0.1) is 0 Å². The molecule has 1 heteroatoms. The van der Waals surface area contributed by atoms with Gasteiger partial charge in [0.15, 0.2) is 0 Å². The highest BCUT2D eigenvalue weighted by Gasteiger charge is 2.47. The zero-order chi connectivity index (χ0) is 15.3. The second kappa shape index (κ2) is 7.82. The lowest BCUT2D eigenvalue weighted by atomic mass is 9.75. The molecular formula is C19H39N. The Bertz CT molecular complexity index is 271. The third-order valence-electron chi connectivity index (χ3n) is 6.44. The summed E-state index contributed by atoms with van der Waals surface area (Å²) in [5, 5.41) is 3.60. The van der Waals surface area contributed by atoms with Crippen molar-refractivity contribution in [3.63, 3.8) is 0 Å². The fourth-order valence-corrected chi connectivity index (χ4v) is 4.51. The van der Waals surface area contributed by atoms with Gasteiger partial charge in [-0.1, -0.05) is 60.8 Å². The molecule has 1 rings (SSSR count). The van der Waals surface area contributed by atoms with Crippen molar-refractivity contribution < 1.29 is 0 Å². The van der Waals surface area contributed by atoms with E-state index < -0.39 is 0 Å². The Balaban J connectivity index is 2.54. The summed E-state index contributed by atoms with van der Waals surface area (Å²) in [5.74, 6) is 3.61. The van der Waals surface area contributed by atoms with E-state index in [2.05, 4.69) is 53.9 Å². The molecule has 0 heterocycles. The maximum absolute atomic E-state index is 3.60. The predicted octanol–water partition coefficient (Wildman–Crippen LogP) is 5.50. The van der Waals surface area contributed by atoms with Crippen molar-refractivity contribution in [3.8, 4) is 0 Å². The lowest BCUT2D eigenvalue weighted by Gasteiger charge is -2.33. The van der Waals surface area contributed by atoms with Gasteiger partial charge in [-0.05, 0) is 55.4 Å². The van der Waals surface area contributed by atoms with Gasteiger partial charge in [0.1, 0.15) is 0 Å². The maximum Gasteiger partial charge on any atom is 0.00719 e. The van der Waals surface area contributed by atoms with Gasteiger partial charge in [-0.25, -0.2) is 0 Å². The van der Waals surface area contributed by atoms with Crippen LogP contribution in [0.2, 0.25) is 0 Å². The fourth-order valence-electron chi connectivity index (χ4n) is 4.51. The van der Waals surface area contributed by atoms with Gasteiger partial charge in [0.2, 0.25) is 0 Å². The SMILES string of the molecule is CCC(CC)C(CC)C(C)CC(CC1(C)CC1C)NC. The molecule has 5 unspecified atom stereocenters. The predicted molar refractivity (Wildman–Crippen MR) is 91.0 cm³/mol. The standard InChI is InChI=1S/C19H39N/c1-8-16(9-2)18(10-3)14(4)11-17(20-7)13-19(6)12-15(19)5/h14-18,20H,8-13H2,1-7H3. The fraction of sp³-hybridized carbons (Fsp3) is 1.00. The van der Waals surface area contributed by atoms with E-state index in [0.29, 0.717) is 11.5 Å². The van der Waals surface area contributed by atoms with Crippen molar-refractivity contribution in [3.05, 3.63) is 0 Å². The molecule has 0 aromatic rings. The van der Waals surface area contributed by atoms with Crippen molar-refractivity contribution in [2.24, 2.45) is 29.1 Å². The second-order valence-corrected chi connectivity index (χ2v) is 7.81. The van der Waals surface area contributed by atoms with Crippen LogP contribution in [-0.4, -0.2) is 13.1 Å². The Morgan fingerprint density at radius 3 is 2.05 bits per heavy atom. The van der Waals surface area contributed by atoms with Gasteiger partial charge in [0, 0.05) is 6.04 Å². The molecular weight excluding hydrogens is 242 g/mol. The van der Waals surface area contributed by atoms with Crippen molar-refractivity contribution in [2.75, 3.05) is 7.05 Å². The Hall–Kier alpha value is -0.0400. The number of nitrogens with one attached hydrogen (secondary N) is 1. The zero-order valence-corrected chi connectivity index (χ0v) is 15.1. The third-order valence-corrected chi connectivity index (χ3v) is 6.44. The van der Waals surface area contributed by atoms with Crippen molar-refractivity contribution in [1.82, 2.24) is 5.32 Å². The maximum atomic E-state index is 3.60. The first-order valence-corrected chi connectivity index (χ1v) is 9.08. The van der Waals surface area contributed by atoms with E-state index >= 15 is 0 Å². The summed E-state index contributed by atoms with van der Waals surface area (Å²) in [4.78, 5) is 0. The van der Waals surface area contributed by atoms with E-state index in [0.717, 1.165) is 23.7 Å². The first-order valence-electron chi connectivity index (χ1n) is 9.08. The highest BCUT2D eigenvalue weighted by molar-refractivity contribution is 4.98. The van der Waals surface area contributed by atoms with E-state index in [1.54, 1.807) is 0 Å². The molecule has 1 fully saturated rings. The average molecular weight is 282 g/mol. The Morgan fingerprint density at radius 1 is 1.15 bits per heavy atom. The molecule has 0 radical (unpaired) electrons. The molecule has 0 amide bonds. The normalized spacial score (nSPS) is 30.3. The van der Waals surface area contributed by atoms with Gasteiger partial charge >= 0.3 is 0 Å². The number of rotatable bonds is 10. The molecule has 0 aromatic carbocycles. The largest absolute Gasteiger partial charge is 0.317 e. The van der Waals surface area contributed by atoms with Crippen LogP contribution in [0.3, 0.4) is 0 Å². The van der Waals surface area contributed by atoms with Crippen molar-refractivity contribution in [1.29, 1.82) is 0 Å². The summed E-state index contributed by atoms with van der Waals surface area (Å²) >= 11 is 0. The van der Waals surface area contributed by atoms with E-state index in [9.17, 15) is 0 Å². The van der Waals surface area contributed by atoms with E-state index in [-0.39, 0.29) is 0 Å². The van der Waals surface area contributed by atoms with Gasteiger partial charge in [-0.2, -0.15) is 0 Å². The molecule has 5 atom stereocenters. The summed E-state index contributed by atoms with van der Waals surface area (Å²) in [6, 6.07) is 0.711. The molecule has 1 N–H and O–H groups in total. The molecule has 120 valence electrons. The van der Waals surface area contributed by atoms with Crippen LogP contribution in [0.5, 0.6) is 0 Å². The van der Waals surface area contributed by atoms with E-state index in [1.807, 2.05) is 0 Å². The van der Waals surface area contributed by atoms with Crippen LogP contribution in [0.4, 0.5) is 0 Å². The van der Waals surface area contributed by atoms with Crippen LogP contribution >= 0.6 is 0 Å². The van der Waals surface area contributed by atoms with Crippen LogP contribution in [0.25, 0.3) is 0 Å². The number of hydrogen-bond donors (Lipinski definition) is 1. The minimum Gasteiger partial charge on any atom is -0.317 e. The van der Waals surface area contributed by atoms with Crippen LogP contribution < -0.4 is 5.32 Å². The minimum absolute atomic E-state index is 0.629. The highest BCUT2D eigenvalue weighted by atomic mass is 14.9. The third kappa shape index (κ3) is 4.48. The summed E-state index contributed by atoms with van der Waals surface area (Å²) in [6.45, 7) is 14.5. The molecule has 20 heavy (non-hydrogen) atoms.